The number of imide groups is 1. The van der Waals surface area contributed by atoms with E-state index in [2.05, 4.69) is 16.0 Å². The predicted molar refractivity (Wildman–Crippen MR) is 106 cm³/mol. The molecule has 2 aromatic carbocycles. The van der Waals surface area contributed by atoms with Crippen molar-refractivity contribution in [2.24, 2.45) is 0 Å². The van der Waals surface area contributed by atoms with Crippen LogP contribution < -0.4 is 25.6 Å². The van der Waals surface area contributed by atoms with Gasteiger partial charge < -0.3 is 15.4 Å². The molecule has 2 aromatic rings. The van der Waals surface area contributed by atoms with Crippen molar-refractivity contribution in [1.82, 2.24) is 10.6 Å². The third kappa shape index (κ3) is 2.95. The molecular formula is C21H18N4O5. The van der Waals surface area contributed by atoms with Crippen molar-refractivity contribution in [3.8, 4) is 5.75 Å². The van der Waals surface area contributed by atoms with Crippen LogP contribution in [0.3, 0.4) is 0 Å². The molecular weight excluding hydrogens is 388 g/mol. The number of amides is 5. The van der Waals surface area contributed by atoms with E-state index in [1.165, 1.54) is 4.90 Å². The first-order chi connectivity index (χ1) is 14.4. The fourth-order valence-electron chi connectivity index (χ4n) is 4.20. The summed E-state index contributed by atoms with van der Waals surface area (Å²) in [6, 6.07) is 12.0. The van der Waals surface area contributed by atoms with Gasteiger partial charge in [0.2, 0.25) is 5.91 Å². The Morgan fingerprint density at radius 3 is 2.70 bits per heavy atom. The largest absolute Gasteiger partial charge is 0.482 e. The van der Waals surface area contributed by atoms with Crippen molar-refractivity contribution >= 4 is 35.1 Å². The fourth-order valence-corrected chi connectivity index (χ4v) is 4.20. The summed E-state index contributed by atoms with van der Waals surface area (Å²) in [5, 5.41) is 7.80. The van der Waals surface area contributed by atoms with E-state index in [0.717, 1.165) is 11.1 Å². The van der Waals surface area contributed by atoms with Crippen LogP contribution in [0.4, 0.5) is 16.2 Å². The molecule has 152 valence electrons. The summed E-state index contributed by atoms with van der Waals surface area (Å²) < 4.78 is 5.39. The molecule has 3 aliphatic rings. The van der Waals surface area contributed by atoms with E-state index in [0.29, 0.717) is 30.0 Å². The minimum Gasteiger partial charge on any atom is -0.482 e. The Hall–Kier alpha value is -3.88. The average molecular weight is 406 g/mol. The van der Waals surface area contributed by atoms with Gasteiger partial charge >= 0.3 is 6.03 Å². The summed E-state index contributed by atoms with van der Waals surface area (Å²) in [6.07, 6.45) is 0.770. The van der Waals surface area contributed by atoms with Gasteiger partial charge in [-0.3, -0.25) is 24.6 Å². The summed E-state index contributed by atoms with van der Waals surface area (Å²) in [7, 11) is 0. The highest BCUT2D eigenvalue weighted by molar-refractivity contribution is 6.08. The van der Waals surface area contributed by atoms with Crippen LogP contribution in [0.15, 0.2) is 42.5 Å². The van der Waals surface area contributed by atoms with Crippen molar-refractivity contribution in [3.63, 3.8) is 0 Å². The summed E-state index contributed by atoms with van der Waals surface area (Å²) in [4.78, 5) is 50.0. The Kier molecular flexibility index (Phi) is 3.99. The molecule has 0 aromatic heterocycles. The molecule has 1 aliphatic carbocycles. The first-order valence-electron chi connectivity index (χ1n) is 9.51. The minimum absolute atomic E-state index is 0.112. The van der Waals surface area contributed by atoms with Gasteiger partial charge in [-0.2, -0.15) is 0 Å². The highest BCUT2D eigenvalue weighted by atomic mass is 16.5. The lowest BCUT2D eigenvalue weighted by Gasteiger charge is -2.28. The lowest BCUT2D eigenvalue weighted by Crippen LogP contribution is -2.47. The topological polar surface area (TPSA) is 117 Å². The molecule has 5 amide bonds. The SMILES string of the molecule is O=C(CN1C(=O)COc2ccccc21)Nc1ccc2c(c1)CC1(C2)NC(=O)NC1=O. The summed E-state index contributed by atoms with van der Waals surface area (Å²) in [5.41, 5.74) is 2.00. The Morgan fingerprint density at radius 2 is 1.90 bits per heavy atom. The van der Waals surface area contributed by atoms with Crippen LogP contribution >= 0.6 is 0 Å². The van der Waals surface area contributed by atoms with Crippen molar-refractivity contribution < 1.29 is 23.9 Å². The number of rotatable bonds is 3. The fraction of sp³-hybridized carbons (Fsp3) is 0.238. The van der Waals surface area contributed by atoms with Crippen LogP contribution in [0.2, 0.25) is 0 Å². The van der Waals surface area contributed by atoms with Crippen LogP contribution in [0, 0.1) is 0 Å². The monoisotopic (exact) mass is 406 g/mol. The number of hydrogen-bond donors (Lipinski definition) is 3. The quantitative estimate of drug-likeness (QED) is 0.650. The third-order valence-corrected chi connectivity index (χ3v) is 5.60. The van der Waals surface area contributed by atoms with Gasteiger partial charge in [-0.1, -0.05) is 18.2 Å². The molecule has 2 heterocycles. The molecule has 30 heavy (non-hydrogen) atoms. The van der Waals surface area contributed by atoms with Gasteiger partial charge in [-0.05, 0) is 35.4 Å². The van der Waals surface area contributed by atoms with E-state index in [1.807, 2.05) is 6.07 Å². The Morgan fingerprint density at radius 1 is 1.10 bits per heavy atom. The van der Waals surface area contributed by atoms with Gasteiger partial charge in [0.15, 0.2) is 6.61 Å². The number of hydrogen-bond acceptors (Lipinski definition) is 5. The lowest BCUT2D eigenvalue weighted by molar-refractivity contribution is -0.124. The van der Waals surface area contributed by atoms with Crippen LogP contribution in [-0.4, -0.2) is 42.4 Å². The number of para-hydroxylation sites is 2. The number of fused-ring (bicyclic) bond motifs is 2. The van der Waals surface area contributed by atoms with E-state index < -0.39 is 11.6 Å². The van der Waals surface area contributed by atoms with Crippen molar-refractivity contribution in [2.75, 3.05) is 23.4 Å². The van der Waals surface area contributed by atoms with Crippen molar-refractivity contribution in [3.05, 3.63) is 53.6 Å². The van der Waals surface area contributed by atoms with E-state index in [1.54, 1.807) is 36.4 Å². The Bertz CT molecular complexity index is 1110. The Labute approximate surface area is 171 Å². The zero-order valence-corrected chi connectivity index (χ0v) is 15.9. The van der Waals surface area contributed by atoms with E-state index >= 15 is 0 Å². The second-order valence-corrected chi connectivity index (χ2v) is 7.61. The maximum Gasteiger partial charge on any atom is 0.322 e. The van der Waals surface area contributed by atoms with Crippen molar-refractivity contribution in [1.29, 1.82) is 0 Å². The van der Waals surface area contributed by atoms with Gasteiger partial charge in [0.05, 0.1) is 5.69 Å². The van der Waals surface area contributed by atoms with Gasteiger partial charge in [-0.25, -0.2) is 4.79 Å². The number of benzene rings is 2. The highest BCUT2D eigenvalue weighted by Crippen LogP contribution is 2.34. The maximum atomic E-state index is 12.6. The number of carbonyl (C=O) groups excluding carboxylic acids is 4. The smallest absolute Gasteiger partial charge is 0.322 e. The van der Waals surface area contributed by atoms with Crippen LogP contribution in [-0.2, 0) is 27.2 Å². The van der Waals surface area contributed by atoms with Gasteiger partial charge in [0, 0.05) is 18.5 Å². The first kappa shape index (κ1) is 18.2. The summed E-state index contributed by atoms with van der Waals surface area (Å²) in [5.74, 6) is -0.411. The molecule has 9 nitrogen and oxygen atoms in total. The van der Waals surface area contributed by atoms with E-state index in [9.17, 15) is 19.2 Å². The van der Waals surface area contributed by atoms with E-state index in [4.69, 9.17) is 4.74 Å². The molecule has 1 atom stereocenters. The third-order valence-electron chi connectivity index (χ3n) is 5.60. The van der Waals surface area contributed by atoms with Gasteiger partial charge in [0.25, 0.3) is 11.8 Å². The summed E-state index contributed by atoms with van der Waals surface area (Å²) in [6.45, 7) is -0.252. The van der Waals surface area contributed by atoms with Crippen LogP contribution in [0.1, 0.15) is 11.1 Å². The summed E-state index contributed by atoms with van der Waals surface area (Å²) >= 11 is 0. The molecule has 0 saturated carbocycles. The van der Waals surface area contributed by atoms with E-state index in [-0.39, 0.29) is 30.9 Å². The molecule has 1 saturated heterocycles. The molecule has 5 rings (SSSR count). The molecule has 0 radical (unpaired) electrons. The zero-order valence-electron chi connectivity index (χ0n) is 15.9. The lowest BCUT2D eigenvalue weighted by atomic mass is 9.96. The number of nitrogens with zero attached hydrogens (tertiary/aromatic N) is 1. The average Bonchev–Trinajstić information content (AvgIpc) is 3.21. The standard InChI is InChI=1S/C21H18N4O5/c26-17(10-25-15-3-1-2-4-16(15)30-11-18(25)27)22-14-6-5-12-8-21(9-13(12)7-14)19(28)23-20(29)24-21/h1-7H,8-11H2,(H,22,26)(H2,23,24,28,29). The normalized spacial score (nSPS) is 21.6. The van der Waals surface area contributed by atoms with Crippen LogP contribution in [0.25, 0.3) is 0 Å². The number of nitrogens with one attached hydrogen (secondary N) is 3. The molecule has 1 unspecified atom stereocenters. The maximum absolute atomic E-state index is 12.6. The molecule has 1 fully saturated rings. The van der Waals surface area contributed by atoms with Gasteiger partial charge in [0.1, 0.15) is 17.8 Å². The molecule has 9 heteroatoms. The second-order valence-electron chi connectivity index (χ2n) is 7.61. The second kappa shape index (κ2) is 6.58. The van der Waals surface area contributed by atoms with Crippen molar-refractivity contribution in [2.45, 2.75) is 18.4 Å². The predicted octanol–water partition coefficient (Wildman–Crippen LogP) is 0.727. The molecule has 1 spiro atoms. The van der Waals surface area contributed by atoms with Crippen LogP contribution in [0.5, 0.6) is 5.75 Å². The molecule has 0 bridgehead atoms. The Balaban J connectivity index is 1.30. The number of carbonyl (C=O) groups is 4. The number of ether oxygens (including phenoxy) is 1. The number of urea groups is 1. The number of anilines is 2. The minimum atomic E-state index is -0.952. The molecule has 3 N–H and O–H groups in total. The molecule has 2 aliphatic heterocycles. The zero-order chi connectivity index (χ0) is 20.9. The van der Waals surface area contributed by atoms with Gasteiger partial charge in [-0.15, -0.1) is 0 Å². The highest BCUT2D eigenvalue weighted by Gasteiger charge is 2.50. The first-order valence-corrected chi connectivity index (χ1v) is 9.51.